The normalized spacial score (nSPS) is 10.2. The lowest BCUT2D eigenvalue weighted by atomic mass is 10.1. The fourth-order valence-corrected chi connectivity index (χ4v) is 1.50. The van der Waals surface area contributed by atoms with Gasteiger partial charge >= 0.3 is 0 Å². The summed E-state index contributed by atoms with van der Waals surface area (Å²) < 4.78 is 30.9. The van der Waals surface area contributed by atoms with E-state index < -0.39 is 23.2 Å². The molecule has 0 bridgehead atoms. The third kappa shape index (κ3) is 2.15. The fraction of sp³-hybridized carbons (Fsp3) is 0.222. The minimum absolute atomic E-state index is 0.0780. The van der Waals surface area contributed by atoms with Gasteiger partial charge in [0.05, 0.1) is 23.7 Å². The van der Waals surface area contributed by atoms with Crippen LogP contribution in [-0.4, -0.2) is 19.4 Å². The van der Waals surface area contributed by atoms with Gasteiger partial charge in [-0.15, -0.1) is 0 Å². The van der Waals surface area contributed by atoms with E-state index in [9.17, 15) is 13.6 Å². The van der Waals surface area contributed by atoms with E-state index in [0.717, 1.165) is 13.2 Å². The first-order valence-corrected chi connectivity index (χ1v) is 4.77. The molecule has 0 saturated carbocycles. The summed E-state index contributed by atoms with van der Waals surface area (Å²) in [7, 11) is 1.15. The number of hydrogen-bond acceptors (Lipinski definition) is 3. The van der Waals surface area contributed by atoms with Gasteiger partial charge in [-0.1, -0.05) is 0 Å². The third-order valence-corrected chi connectivity index (χ3v) is 2.38. The molecule has 0 atom stereocenters. The molecule has 82 valence electrons. The maximum Gasteiger partial charge on any atom is 0.202 e. The number of halogens is 3. The first-order chi connectivity index (χ1) is 7.02. The summed E-state index contributed by atoms with van der Waals surface area (Å²) in [6.07, 6.45) is 0. The molecule has 0 unspecified atom stereocenters. The van der Waals surface area contributed by atoms with Crippen LogP contribution in [-0.2, 0) is 0 Å². The number of methoxy groups -OCH3 is 1. The number of ether oxygens (including phenoxy) is 1. The highest BCUT2D eigenvalue weighted by Gasteiger charge is 2.21. The molecular formula is C9H8BrF2NO2. The lowest BCUT2D eigenvalue weighted by Crippen LogP contribution is -2.15. The van der Waals surface area contributed by atoms with Gasteiger partial charge in [-0.25, -0.2) is 4.39 Å². The van der Waals surface area contributed by atoms with E-state index in [-0.39, 0.29) is 16.6 Å². The maximum atomic E-state index is 13.3. The number of benzene rings is 1. The van der Waals surface area contributed by atoms with Crippen LogP contribution in [0.5, 0.6) is 5.75 Å². The molecule has 0 aliphatic carbocycles. The monoisotopic (exact) mass is 279 g/mol. The Kier molecular flexibility index (Phi) is 3.76. The van der Waals surface area contributed by atoms with Crippen molar-refractivity contribution in [3.05, 3.63) is 27.7 Å². The highest BCUT2D eigenvalue weighted by atomic mass is 79.9. The second kappa shape index (κ2) is 4.67. The van der Waals surface area contributed by atoms with Crippen LogP contribution < -0.4 is 10.5 Å². The molecule has 6 heteroatoms. The molecule has 1 rings (SSSR count). The molecule has 0 aliphatic heterocycles. The van der Waals surface area contributed by atoms with Crippen LogP contribution >= 0.6 is 15.9 Å². The van der Waals surface area contributed by atoms with E-state index in [4.69, 9.17) is 5.73 Å². The quantitative estimate of drug-likeness (QED) is 0.679. The molecule has 0 saturated heterocycles. The number of ketones is 1. The van der Waals surface area contributed by atoms with E-state index in [0.29, 0.717) is 0 Å². The predicted octanol–water partition coefficient (Wildman–Crippen LogP) is 1.88. The van der Waals surface area contributed by atoms with Gasteiger partial charge in [-0.05, 0) is 22.0 Å². The van der Waals surface area contributed by atoms with Crippen molar-refractivity contribution in [2.45, 2.75) is 0 Å². The molecule has 1 aromatic carbocycles. The van der Waals surface area contributed by atoms with Gasteiger partial charge in [0.25, 0.3) is 0 Å². The van der Waals surface area contributed by atoms with Crippen molar-refractivity contribution >= 4 is 21.7 Å². The summed E-state index contributed by atoms with van der Waals surface area (Å²) in [4.78, 5) is 11.3. The van der Waals surface area contributed by atoms with Crippen LogP contribution in [0.4, 0.5) is 8.78 Å². The average Bonchev–Trinajstić information content (AvgIpc) is 2.24. The summed E-state index contributed by atoms with van der Waals surface area (Å²) in [6.45, 7) is -0.298. The lowest BCUT2D eigenvalue weighted by Gasteiger charge is -2.09. The molecule has 0 spiro atoms. The highest BCUT2D eigenvalue weighted by Crippen LogP contribution is 2.30. The molecule has 0 amide bonds. The van der Waals surface area contributed by atoms with Crippen LogP contribution in [0.1, 0.15) is 10.4 Å². The van der Waals surface area contributed by atoms with Crippen LogP contribution in [0.3, 0.4) is 0 Å². The molecule has 0 fully saturated rings. The Balaban J connectivity index is 3.45. The fourth-order valence-electron chi connectivity index (χ4n) is 1.10. The van der Waals surface area contributed by atoms with Crippen molar-refractivity contribution in [2.24, 2.45) is 5.73 Å². The van der Waals surface area contributed by atoms with Gasteiger partial charge in [-0.3, -0.25) is 4.79 Å². The molecule has 15 heavy (non-hydrogen) atoms. The predicted molar refractivity (Wildman–Crippen MR) is 54.0 cm³/mol. The van der Waals surface area contributed by atoms with Crippen LogP contribution in [0.15, 0.2) is 10.5 Å². The first kappa shape index (κ1) is 12.1. The van der Waals surface area contributed by atoms with E-state index >= 15 is 0 Å². The molecule has 1 aromatic rings. The summed E-state index contributed by atoms with van der Waals surface area (Å²) >= 11 is 2.79. The standard InChI is InChI=1S/C9H8BrF2NO2/c1-15-9-4(6(14)3-13)2-5(10)7(11)8(9)12/h2H,3,13H2,1H3. The topological polar surface area (TPSA) is 52.3 Å². The van der Waals surface area contributed by atoms with Crippen molar-refractivity contribution in [2.75, 3.05) is 13.7 Å². The van der Waals surface area contributed by atoms with Crippen molar-refractivity contribution in [1.82, 2.24) is 0 Å². The molecule has 3 nitrogen and oxygen atoms in total. The number of hydrogen-bond donors (Lipinski definition) is 1. The maximum absolute atomic E-state index is 13.3. The molecule has 0 aliphatic rings. The van der Waals surface area contributed by atoms with Crippen molar-refractivity contribution < 1.29 is 18.3 Å². The number of rotatable bonds is 3. The molecule has 0 radical (unpaired) electrons. The Morgan fingerprint density at radius 2 is 2.13 bits per heavy atom. The number of carbonyl (C=O) groups excluding carboxylic acids is 1. The summed E-state index contributed by atoms with van der Waals surface area (Å²) in [5.41, 5.74) is 5.05. The summed E-state index contributed by atoms with van der Waals surface area (Å²) in [5, 5.41) is 0. The van der Waals surface area contributed by atoms with Crippen LogP contribution in [0.2, 0.25) is 0 Å². The van der Waals surface area contributed by atoms with E-state index in [1.807, 2.05) is 0 Å². The Labute approximate surface area is 93.3 Å². The van der Waals surface area contributed by atoms with E-state index in [1.54, 1.807) is 0 Å². The zero-order valence-corrected chi connectivity index (χ0v) is 9.40. The molecule has 0 aromatic heterocycles. The summed E-state index contributed by atoms with van der Waals surface area (Å²) in [5.74, 6) is -3.25. The summed E-state index contributed by atoms with van der Waals surface area (Å²) in [6, 6.07) is 1.15. The average molecular weight is 280 g/mol. The van der Waals surface area contributed by atoms with Crippen LogP contribution in [0.25, 0.3) is 0 Å². The molecule has 0 heterocycles. The zero-order chi connectivity index (χ0) is 11.6. The first-order valence-electron chi connectivity index (χ1n) is 3.97. The van der Waals surface area contributed by atoms with Gasteiger partial charge < -0.3 is 10.5 Å². The van der Waals surface area contributed by atoms with Crippen LogP contribution in [0, 0.1) is 11.6 Å². The van der Waals surface area contributed by atoms with E-state index in [1.165, 1.54) is 0 Å². The molecule has 2 N–H and O–H groups in total. The van der Waals surface area contributed by atoms with Crippen molar-refractivity contribution in [3.63, 3.8) is 0 Å². The zero-order valence-electron chi connectivity index (χ0n) is 7.81. The smallest absolute Gasteiger partial charge is 0.202 e. The number of nitrogens with two attached hydrogens (primary N) is 1. The van der Waals surface area contributed by atoms with Gasteiger partial charge in [0.15, 0.2) is 17.3 Å². The lowest BCUT2D eigenvalue weighted by molar-refractivity contribution is 0.0997. The third-order valence-electron chi connectivity index (χ3n) is 1.81. The van der Waals surface area contributed by atoms with Gasteiger partial charge in [-0.2, -0.15) is 4.39 Å². The van der Waals surface area contributed by atoms with Gasteiger partial charge in [0, 0.05) is 0 Å². The second-order valence-corrected chi connectivity index (χ2v) is 3.55. The van der Waals surface area contributed by atoms with E-state index in [2.05, 4.69) is 20.7 Å². The molecular weight excluding hydrogens is 272 g/mol. The second-order valence-electron chi connectivity index (χ2n) is 2.69. The van der Waals surface area contributed by atoms with Crippen molar-refractivity contribution in [3.8, 4) is 5.75 Å². The highest BCUT2D eigenvalue weighted by molar-refractivity contribution is 9.10. The number of Topliss-reactive ketones (excluding diaryl/α,β-unsaturated/α-hetero) is 1. The minimum Gasteiger partial charge on any atom is -0.493 e. The Morgan fingerprint density at radius 3 is 2.60 bits per heavy atom. The van der Waals surface area contributed by atoms with Gasteiger partial charge in [0.1, 0.15) is 0 Å². The Morgan fingerprint density at radius 1 is 1.53 bits per heavy atom. The van der Waals surface area contributed by atoms with Crippen molar-refractivity contribution in [1.29, 1.82) is 0 Å². The SMILES string of the molecule is COc1c(C(=O)CN)cc(Br)c(F)c1F. The Bertz CT molecular complexity index is 410. The number of carbonyl (C=O) groups is 1. The Hall–Kier alpha value is -1.01. The minimum atomic E-state index is -1.20. The van der Waals surface area contributed by atoms with Gasteiger partial charge in [0.2, 0.25) is 5.82 Å². The largest absolute Gasteiger partial charge is 0.493 e.